The topological polar surface area (TPSA) is 88.4 Å². The van der Waals surface area contributed by atoms with E-state index >= 15 is 0 Å². The van der Waals surface area contributed by atoms with Gasteiger partial charge in [-0.1, -0.05) is 15.9 Å². The van der Waals surface area contributed by atoms with Gasteiger partial charge in [-0.3, -0.25) is 9.69 Å². The molecule has 0 saturated carbocycles. The van der Waals surface area contributed by atoms with Crippen LogP contribution in [0.25, 0.3) is 6.08 Å². The Hall–Kier alpha value is -2.78. The monoisotopic (exact) mass is 476 g/mol. The largest absolute Gasteiger partial charge is 0.504 e. The summed E-state index contributed by atoms with van der Waals surface area (Å²) in [5.41, 5.74) is 1.72. The third-order valence-corrected chi connectivity index (χ3v) is 5.85. The lowest BCUT2D eigenvalue weighted by Gasteiger charge is -2.07. The first-order chi connectivity index (χ1) is 13.8. The zero-order chi connectivity index (χ0) is 21.1. The fourth-order valence-corrected chi connectivity index (χ4v) is 3.95. The number of hydrogen-bond donors (Lipinski definition) is 1. The second kappa shape index (κ2) is 8.71. The van der Waals surface area contributed by atoms with Gasteiger partial charge in [-0.05, 0) is 59.8 Å². The van der Waals surface area contributed by atoms with Crippen molar-refractivity contribution in [3.63, 3.8) is 0 Å². The molecule has 0 bridgehead atoms. The van der Waals surface area contributed by atoms with Gasteiger partial charge in [-0.2, -0.15) is 0 Å². The summed E-state index contributed by atoms with van der Waals surface area (Å²) in [4.78, 5) is 30.6. The highest BCUT2D eigenvalue weighted by Gasteiger charge is 2.30. The average molecular weight is 477 g/mol. The van der Waals surface area contributed by atoms with Gasteiger partial charge in [-0.15, -0.1) is 0 Å². The molecule has 1 fully saturated rings. The summed E-state index contributed by atoms with van der Waals surface area (Å²) in [5.74, 6) is -0.309. The summed E-state index contributed by atoms with van der Waals surface area (Å²) in [6.07, 6.45) is 1.71. The number of rotatable bonds is 4. The van der Waals surface area contributed by atoms with E-state index < -0.39 is 5.97 Å². The number of carbonyl (C=O) groups is 2. The van der Waals surface area contributed by atoms with Crippen molar-refractivity contribution in [1.29, 1.82) is 0 Å². The molecule has 1 N–H and O–H groups in total. The molecule has 0 unspecified atom stereocenters. The molecule has 0 radical (unpaired) electrons. The fraction of sp³-hybridized carbons (Fsp3) is 0.150. The van der Waals surface area contributed by atoms with E-state index in [4.69, 9.17) is 4.74 Å². The maximum absolute atomic E-state index is 12.6. The Morgan fingerprint density at radius 2 is 1.93 bits per heavy atom. The summed E-state index contributed by atoms with van der Waals surface area (Å²) in [6.45, 7) is 0. The number of nitrogens with zero attached hydrogens (tertiary/aromatic N) is 2. The number of hydrogen-bond acceptors (Lipinski definition) is 7. The molecule has 1 amide bonds. The van der Waals surface area contributed by atoms with Gasteiger partial charge < -0.3 is 14.6 Å². The predicted molar refractivity (Wildman–Crippen MR) is 116 cm³/mol. The van der Waals surface area contributed by atoms with E-state index in [1.54, 1.807) is 43.5 Å². The lowest BCUT2D eigenvalue weighted by molar-refractivity contribution is -0.121. The number of thioether (sulfide) groups is 1. The van der Waals surface area contributed by atoms with E-state index in [-0.39, 0.29) is 11.7 Å². The molecule has 0 aromatic heterocycles. The Labute approximate surface area is 180 Å². The molecule has 0 aliphatic carbocycles. The van der Waals surface area contributed by atoms with Crippen LogP contribution in [0.2, 0.25) is 0 Å². The van der Waals surface area contributed by atoms with Gasteiger partial charge in [0.15, 0.2) is 16.7 Å². The zero-order valence-electron chi connectivity index (χ0n) is 15.8. The average Bonchev–Trinajstić information content (AvgIpc) is 2.97. The van der Waals surface area contributed by atoms with E-state index in [0.29, 0.717) is 37.1 Å². The van der Waals surface area contributed by atoms with Gasteiger partial charge >= 0.3 is 5.97 Å². The van der Waals surface area contributed by atoms with Crippen LogP contribution in [0.3, 0.4) is 0 Å². The highest BCUT2D eigenvalue weighted by atomic mass is 79.9. The lowest BCUT2D eigenvalue weighted by Crippen LogP contribution is -2.23. The summed E-state index contributed by atoms with van der Waals surface area (Å²) in [5, 5.41) is 10.4. The van der Waals surface area contributed by atoms with Crippen molar-refractivity contribution < 1.29 is 24.2 Å². The van der Waals surface area contributed by atoms with Crippen LogP contribution in [0.1, 0.15) is 15.9 Å². The normalized spacial score (nSPS) is 16.6. The van der Waals surface area contributed by atoms with E-state index in [0.717, 1.165) is 0 Å². The molecule has 7 nitrogen and oxygen atoms in total. The highest BCUT2D eigenvalue weighted by molar-refractivity contribution is 9.10. The van der Waals surface area contributed by atoms with Crippen molar-refractivity contribution in [3.05, 3.63) is 56.9 Å². The zero-order valence-corrected chi connectivity index (χ0v) is 18.2. The molecular formula is C20H17BrN2O5S. The van der Waals surface area contributed by atoms with Crippen LogP contribution in [-0.2, 0) is 9.53 Å². The first kappa shape index (κ1) is 20.9. The SMILES string of the molecule is COC(=O)c1ccc(N=C2S/C(=C/c3cc(OC)c(O)cc3Br)C(=O)N2C)cc1. The van der Waals surface area contributed by atoms with E-state index in [2.05, 4.69) is 25.7 Å². The third kappa shape index (κ3) is 4.46. The van der Waals surface area contributed by atoms with Crippen molar-refractivity contribution >= 4 is 56.5 Å². The van der Waals surface area contributed by atoms with Crippen LogP contribution in [0, 0.1) is 0 Å². The number of aliphatic imine (C=N–C) groups is 1. The Balaban J connectivity index is 1.89. The predicted octanol–water partition coefficient (Wildman–Crippen LogP) is 4.18. The van der Waals surface area contributed by atoms with Crippen LogP contribution in [0.5, 0.6) is 11.5 Å². The number of likely N-dealkylation sites (N-methyl/N-ethyl adjacent to an activating group) is 1. The Kier molecular flexibility index (Phi) is 6.29. The molecule has 29 heavy (non-hydrogen) atoms. The number of aromatic hydroxyl groups is 1. The van der Waals surface area contributed by atoms with Gasteiger partial charge in [-0.25, -0.2) is 9.79 Å². The van der Waals surface area contributed by atoms with Crippen LogP contribution in [0.4, 0.5) is 5.69 Å². The molecule has 150 valence electrons. The fourth-order valence-electron chi connectivity index (χ4n) is 2.53. The van der Waals surface area contributed by atoms with Crippen LogP contribution < -0.4 is 4.74 Å². The summed E-state index contributed by atoms with van der Waals surface area (Å²) in [7, 11) is 4.42. The number of ether oxygens (including phenoxy) is 2. The van der Waals surface area contributed by atoms with Crippen LogP contribution in [0.15, 0.2) is 50.8 Å². The second-order valence-electron chi connectivity index (χ2n) is 5.95. The molecule has 1 aliphatic rings. The molecule has 1 saturated heterocycles. The van der Waals surface area contributed by atoms with E-state index in [1.807, 2.05) is 0 Å². The minimum absolute atomic E-state index is 0.00157. The molecule has 3 rings (SSSR count). The van der Waals surface area contributed by atoms with E-state index in [9.17, 15) is 14.7 Å². The number of methoxy groups -OCH3 is 2. The summed E-state index contributed by atoms with van der Waals surface area (Å²) in [6, 6.07) is 9.74. The smallest absolute Gasteiger partial charge is 0.337 e. The standard InChI is InChI=1S/C20H17BrN2O5S/c1-23-18(25)17(9-12-8-16(27-2)15(24)10-14(12)21)29-20(23)22-13-6-4-11(5-7-13)19(26)28-3/h4-10,24H,1-3H3/b17-9+,22-20?. The minimum Gasteiger partial charge on any atom is -0.504 e. The van der Waals surface area contributed by atoms with E-state index in [1.165, 1.54) is 36.9 Å². The maximum Gasteiger partial charge on any atom is 0.337 e. The Bertz CT molecular complexity index is 1030. The van der Waals surface area contributed by atoms with Crippen molar-refractivity contribution in [2.45, 2.75) is 0 Å². The van der Waals surface area contributed by atoms with Crippen LogP contribution >= 0.6 is 27.7 Å². The number of benzene rings is 2. The molecule has 2 aromatic rings. The number of phenols is 1. The number of amidine groups is 1. The molecular weight excluding hydrogens is 460 g/mol. The second-order valence-corrected chi connectivity index (χ2v) is 7.82. The summed E-state index contributed by atoms with van der Waals surface area (Å²) >= 11 is 4.61. The van der Waals surface area contributed by atoms with Gasteiger partial charge in [0.1, 0.15) is 0 Å². The number of phenolic OH excluding ortho intramolecular Hbond substituents is 1. The molecule has 2 aromatic carbocycles. The van der Waals surface area contributed by atoms with Crippen molar-refractivity contribution in [2.75, 3.05) is 21.3 Å². The molecule has 1 aliphatic heterocycles. The quantitative estimate of drug-likeness (QED) is 0.525. The maximum atomic E-state index is 12.6. The summed E-state index contributed by atoms with van der Waals surface area (Å²) < 4.78 is 10.4. The van der Waals surface area contributed by atoms with Crippen LogP contribution in [-0.4, -0.2) is 48.3 Å². The lowest BCUT2D eigenvalue weighted by atomic mass is 10.2. The van der Waals surface area contributed by atoms with Crippen molar-refractivity contribution in [1.82, 2.24) is 4.90 Å². The molecule has 0 atom stereocenters. The van der Waals surface area contributed by atoms with Crippen molar-refractivity contribution in [2.24, 2.45) is 4.99 Å². The Morgan fingerprint density at radius 3 is 2.55 bits per heavy atom. The highest BCUT2D eigenvalue weighted by Crippen LogP contribution is 2.37. The third-order valence-electron chi connectivity index (χ3n) is 4.10. The molecule has 9 heteroatoms. The molecule has 1 heterocycles. The minimum atomic E-state index is -0.424. The first-order valence-corrected chi connectivity index (χ1v) is 9.96. The number of esters is 1. The van der Waals surface area contributed by atoms with Crippen molar-refractivity contribution in [3.8, 4) is 11.5 Å². The number of carbonyl (C=O) groups excluding carboxylic acids is 2. The van der Waals surface area contributed by atoms with Gasteiger partial charge in [0, 0.05) is 11.5 Å². The first-order valence-electron chi connectivity index (χ1n) is 8.35. The molecule has 0 spiro atoms. The Morgan fingerprint density at radius 1 is 1.24 bits per heavy atom. The number of amides is 1. The number of halogens is 1. The van der Waals surface area contributed by atoms with Gasteiger partial charge in [0.2, 0.25) is 0 Å². The van der Waals surface area contributed by atoms with Gasteiger partial charge in [0.25, 0.3) is 5.91 Å². The van der Waals surface area contributed by atoms with Gasteiger partial charge in [0.05, 0.1) is 30.4 Å².